The van der Waals surface area contributed by atoms with Gasteiger partial charge in [-0.25, -0.2) is 4.79 Å². The lowest BCUT2D eigenvalue weighted by atomic mass is 9.78. The molecule has 0 aromatic rings. The van der Waals surface area contributed by atoms with E-state index in [1.807, 2.05) is 6.92 Å². The summed E-state index contributed by atoms with van der Waals surface area (Å²) in [6, 6.07) is -0.983. The van der Waals surface area contributed by atoms with Gasteiger partial charge in [-0.15, -0.1) is 0 Å². The summed E-state index contributed by atoms with van der Waals surface area (Å²) in [4.78, 5) is 35.6. The number of nitrogens with one attached hydrogen (secondary N) is 1. The lowest BCUT2D eigenvalue weighted by molar-refractivity contribution is -0.150. The van der Waals surface area contributed by atoms with Crippen LogP contribution in [0.5, 0.6) is 0 Å². The molecular formula is C26H47NO4. The highest BCUT2D eigenvalue weighted by Gasteiger charge is 2.34. The van der Waals surface area contributed by atoms with E-state index in [-0.39, 0.29) is 5.91 Å². The average molecular weight is 438 g/mol. The Morgan fingerprint density at radius 1 is 0.645 bits per heavy atom. The zero-order chi connectivity index (χ0) is 23.0. The van der Waals surface area contributed by atoms with Crippen LogP contribution >= 0.6 is 0 Å². The molecule has 0 aliphatic heterocycles. The molecule has 1 unspecified atom stereocenters. The fourth-order valence-electron chi connectivity index (χ4n) is 4.66. The van der Waals surface area contributed by atoms with Gasteiger partial charge in [-0.2, -0.15) is 0 Å². The molecule has 1 atom stereocenters. The van der Waals surface area contributed by atoms with Crippen LogP contribution in [0.15, 0.2) is 0 Å². The van der Waals surface area contributed by atoms with Crippen LogP contribution < -0.4 is 5.32 Å². The molecule has 5 heteroatoms. The number of carbonyl (C=O) groups excluding carboxylic acids is 2. The molecule has 5 nitrogen and oxygen atoms in total. The normalized spacial score (nSPS) is 22.0. The van der Waals surface area contributed by atoms with Gasteiger partial charge in [0, 0.05) is 5.41 Å². The van der Waals surface area contributed by atoms with Crippen LogP contribution in [0.1, 0.15) is 136 Å². The molecule has 0 saturated heterocycles. The molecule has 0 bridgehead atoms. The summed E-state index contributed by atoms with van der Waals surface area (Å²) in [7, 11) is 0. The Balaban J connectivity index is 2.60. The van der Waals surface area contributed by atoms with Crippen molar-refractivity contribution in [2.75, 3.05) is 0 Å². The largest absolute Gasteiger partial charge is 0.475 e. The lowest BCUT2D eigenvalue weighted by Gasteiger charge is -2.30. The average Bonchev–Trinajstić information content (AvgIpc) is 2.73. The summed E-state index contributed by atoms with van der Waals surface area (Å²) in [5.74, 6) is -2.62. The molecule has 31 heavy (non-hydrogen) atoms. The predicted molar refractivity (Wildman–Crippen MR) is 126 cm³/mol. The molecule has 1 saturated carbocycles. The highest BCUT2D eigenvalue weighted by molar-refractivity contribution is 6.35. The molecule has 0 spiro atoms. The van der Waals surface area contributed by atoms with Crippen LogP contribution in [-0.2, 0) is 14.4 Å². The van der Waals surface area contributed by atoms with Gasteiger partial charge in [0.25, 0.3) is 5.78 Å². The number of carbonyl (C=O) groups is 3. The van der Waals surface area contributed by atoms with Gasteiger partial charge in [-0.3, -0.25) is 9.59 Å². The van der Waals surface area contributed by atoms with Crippen molar-refractivity contribution < 1.29 is 19.5 Å². The number of rotatable bonds is 4. The highest BCUT2D eigenvalue weighted by atomic mass is 16.4. The first-order chi connectivity index (χ1) is 14.9. The predicted octanol–water partition coefficient (Wildman–Crippen LogP) is 6.58. The molecule has 0 aromatic heterocycles. The van der Waals surface area contributed by atoms with E-state index in [9.17, 15) is 14.4 Å². The summed E-state index contributed by atoms with van der Waals surface area (Å²) in [5, 5.41) is 11.6. The maximum Gasteiger partial charge on any atom is 0.374 e. The molecule has 1 amide bonds. The topological polar surface area (TPSA) is 83.5 Å². The Labute approximate surface area is 190 Å². The SMILES string of the molecule is CC(NC(=O)C1(C)CCCCCCCCCCCCCCCCCCC1)C(=O)C(=O)O. The Bertz CT molecular complexity index is 512. The Morgan fingerprint density at radius 2 is 0.935 bits per heavy atom. The molecule has 1 aliphatic rings. The van der Waals surface area contributed by atoms with Gasteiger partial charge in [-0.1, -0.05) is 116 Å². The zero-order valence-electron chi connectivity index (χ0n) is 20.2. The van der Waals surface area contributed by atoms with Gasteiger partial charge in [0.2, 0.25) is 5.91 Å². The van der Waals surface area contributed by atoms with Gasteiger partial charge in [0.15, 0.2) is 0 Å². The van der Waals surface area contributed by atoms with Crippen molar-refractivity contribution >= 4 is 17.7 Å². The van der Waals surface area contributed by atoms with Crippen LogP contribution in [0.4, 0.5) is 0 Å². The minimum absolute atomic E-state index is 0.170. The Kier molecular flexibility index (Phi) is 14.5. The van der Waals surface area contributed by atoms with Crippen LogP contribution in [0.2, 0.25) is 0 Å². The van der Waals surface area contributed by atoms with E-state index in [1.54, 1.807) is 0 Å². The van der Waals surface area contributed by atoms with E-state index in [0.29, 0.717) is 0 Å². The summed E-state index contributed by atoms with van der Waals surface area (Å²) >= 11 is 0. The van der Waals surface area contributed by atoms with Crippen molar-refractivity contribution in [3.8, 4) is 0 Å². The summed E-state index contributed by atoms with van der Waals surface area (Å²) in [5.41, 5.74) is -0.534. The smallest absolute Gasteiger partial charge is 0.374 e. The standard InChI is InChI=1S/C26H47NO4/c1-22(23(28)24(29)30)27-25(31)26(2)20-18-16-14-12-10-8-6-4-3-5-7-9-11-13-15-17-19-21-26/h22H,3-21H2,1-2H3,(H,27,31)(H,29,30). The van der Waals surface area contributed by atoms with E-state index in [0.717, 1.165) is 38.5 Å². The second kappa shape index (κ2) is 16.3. The fourth-order valence-corrected chi connectivity index (χ4v) is 4.66. The molecule has 1 rings (SSSR count). The van der Waals surface area contributed by atoms with Gasteiger partial charge < -0.3 is 10.4 Å². The van der Waals surface area contributed by atoms with Crippen LogP contribution in [0.3, 0.4) is 0 Å². The van der Waals surface area contributed by atoms with E-state index in [4.69, 9.17) is 5.11 Å². The number of aliphatic carboxylic acids is 1. The summed E-state index contributed by atoms with van der Waals surface area (Å²) in [6.07, 6.45) is 23.1. The van der Waals surface area contributed by atoms with Crippen LogP contribution in [0.25, 0.3) is 0 Å². The molecular weight excluding hydrogens is 390 g/mol. The number of hydrogen-bond donors (Lipinski definition) is 2. The van der Waals surface area contributed by atoms with Crippen molar-refractivity contribution in [1.29, 1.82) is 0 Å². The van der Waals surface area contributed by atoms with Gasteiger partial charge in [0.1, 0.15) is 0 Å². The van der Waals surface area contributed by atoms with Crippen molar-refractivity contribution in [2.24, 2.45) is 5.41 Å². The Hall–Kier alpha value is -1.39. The third kappa shape index (κ3) is 12.3. The number of Topliss-reactive ketones (excluding diaryl/α,β-unsaturated/α-hetero) is 1. The molecule has 0 radical (unpaired) electrons. The van der Waals surface area contributed by atoms with E-state index >= 15 is 0 Å². The summed E-state index contributed by atoms with van der Waals surface area (Å²) < 4.78 is 0. The second-order valence-electron chi connectivity index (χ2n) is 9.94. The third-order valence-corrected chi connectivity index (χ3v) is 6.96. The maximum absolute atomic E-state index is 13.0. The molecule has 180 valence electrons. The minimum Gasteiger partial charge on any atom is -0.475 e. The van der Waals surface area contributed by atoms with Crippen LogP contribution in [-0.4, -0.2) is 28.8 Å². The monoisotopic (exact) mass is 437 g/mol. The highest BCUT2D eigenvalue weighted by Crippen LogP contribution is 2.32. The maximum atomic E-state index is 13.0. The third-order valence-electron chi connectivity index (χ3n) is 6.96. The van der Waals surface area contributed by atoms with Crippen molar-refractivity contribution in [2.45, 2.75) is 142 Å². The van der Waals surface area contributed by atoms with Gasteiger partial charge in [0.05, 0.1) is 6.04 Å². The first kappa shape index (κ1) is 27.6. The number of amides is 1. The first-order valence-corrected chi connectivity index (χ1v) is 12.9. The van der Waals surface area contributed by atoms with Crippen LogP contribution in [0, 0.1) is 5.41 Å². The van der Waals surface area contributed by atoms with Crippen molar-refractivity contribution in [3.05, 3.63) is 0 Å². The first-order valence-electron chi connectivity index (χ1n) is 12.9. The quantitative estimate of drug-likeness (QED) is 0.487. The van der Waals surface area contributed by atoms with E-state index in [2.05, 4.69) is 5.32 Å². The van der Waals surface area contributed by atoms with Gasteiger partial charge >= 0.3 is 5.97 Å². The van der Waals surface area contributed by atoms with Gasteiger partial charge in [-0.05, 0) is 19.8 Å². The number of carboxylic acid groups (broad SMARTS) is 1. The number of ketones is 1. The number of carboxylic acids is 1. The molecule has 0 heterocycles. The van der Waals surface area contributed by atoms with E-state index < -0.39 is 23.2 Å². The second-order valence-corrected chi connectivity index (χ2v) is 9.94. The molecule has 0 aromatic carbocycles. The van der Waals surface area contributed by atoms with E-state index in [1.165, 1.54) is 90.4 Å². The Morgan fingerprint density at radius 3 is 1.23 bits per heavy atom. The lowest BCUT2D eigenvalue weighted by Crippen LogP contribution is -2.48. The molecule has 2 N–H and O–H groups in total. The molecule has 1 fully saturated rings. The van der Waals surface area contributed by atoms with Crippen molar-refractivity contribution in [1.82, 2.24) is 5.32 Å². The summed E-state index contributed by atoms with van der Waals surface area (Å²) in [6.45, 7) is 3.45. The zero-order valence-corrected chi connectivity index (χ0v) is 20.2. The molecule has 1 aliphatic carbocycles. The fraction of sp³-hybridized carbons (Fsp3) is 0.885. The number of hydrogen-bond acceptors (Lipinski definition) is 3. The van der Waals surface area contributed by atoms with Crippen molar-refractivity contribution in [3.63, 3.8) is 0 Å². The minimum atomic E-state index is -1.49.